The summed E-state index contributed by atoms with van der Waals surface area (Å²) >= 11 is 5.80. The number of fused-ring (bicyclic) bond motifs is 1. The molecule has 96 valence electrons. The lowest BCUT2D eigenvalue weighted by Gasteiger charge is -1.98. The average Bonchev–Trinajstić information content (AvgIpc) is 2.82. The van der Waals surface area contributed by atoms with E-state index in [1.54, 1.807) is 0 Å². The standard InChI is InChI=1S/C16H15ClN2/c1-10-7-14-15(8-11(10)2)19-16(18-14)13-5-3-12(9-17)4-6-13/h3-8H,9H2,1-2H3,(H,18,19). The number of halogens is 1. The van der Waals surface area contributed by atoms with Crippen molar-refractivity contribution in [1.82, 2.24) is 9.97 Å². The highest BCUT2D eigenvalue weighted by Gasteiger charge is 2.06. The highest BCUT2D eigenvalue weighted by molar-refractivity contribution is 6.17. The summed E-state index contributed by atoms with van der Waals surface area (Å²) in [6.45, 7) is 4.23. The van der Waals surface area contributed by atoms with Crippen molar-refractivity contribution < 1.29 is 0 Å². The second-order valence-corrected chi connectivity index (χ2v) is 5.14. The molecule has 0 amide bonds. The van der Waals surface area contributed by atoms with Gasteiger partial charge in [-0.3, -0.25) is 0 Å². The topological polar surface area (TPSA) is 28.7 Å². The van der Waals surface area contributed by atoms with Gasteiger partial charge in [0, 0.05) is 11.4 Å². The Hall–Kier alpha value is -1.80. The molecular weight excluding hydrogens is 256 g/mol. The van der Waals surface area contributed by atoms with E-state index in [9.17, 15) is 0 Å². The lowest BCUT2D eigenvalue weighted by molar-refractivity contribution is 1.32. The number of hydrogen-bond donors (Lipinski definition) is 1. The van der Waals surface area contributed by atoms with Gasteiger partial charge in [-0.15, -0.1) is 11.6 Å². The Bertz CT molecular complexity index is 687. The van der Waals surface area contributed by atoms with Gasteiger partial charge in [0.2, 0.25) is 0 Å². The van der Waals surface area contributed by atoms with Crippen LogP contribution in [-0.2, 0) is 5.88 Å². The molecule has 3 aromatic rings. The second-order valence-electron chi connectivity index (χ2n) is 4.87. The summed E-state index contributed by atoms with van der Waals surface area (Å²) < 4.78 is 0. The minimum Gasteiger partial charge on any atom is -0.338 e. The van der Waals surface area contributed by atoms with Crippen molar-refractivity contribution in [1.29, 1.82) is 0 Å². The first-order valence-electron chi connectivity index (χ1n) is 6.29. The molecule has 0 aliphatic carbocycles. The van der Waals surface area contributed by atoms with Crippen LogP contribution in [0.15, 0.2) is 36.4 Å². The largest absolute Gasteiger partial charge is 0.338 e. The van der Waals surface area contributed by atoms with Gasteiger partial charge in [-0.25, -0.2) is 4.98 Å². The summed E-state index contributed by atoms with van der Waals surface area (Å²) in [6.07, 6.45) is 0. The van der Waals surface area contributed by atoms with Crippen LogP contribution in [-0.4, -0.2) is 9.97 Å². The number of alkyl halides is 1. The molecule has 3 heteroatoms. The van der Waals surface area contributed by atoms with Crippen LogP contribution in [0.25, 0.3) is 22.4 Å². The minimum atomic E-state index is 0.540. The number of imidazole rings is 1. The van der Waals surface area contributed by atoms with Crippen molar-refractivity contribution in [2.24, 2.45) is 0 Å². The van der Waals surface area contributed by atoms with Gasteiger partial charge in [-0.2, -0.15) is 0 Å². The number of rotatable bonds is 2. The molecule has 0 radical (unpaired) electrons. The number of benzene rings is 2. The van der Waals surface area contributed by atoms with Crippen molar-refractivity contribution >= 4 is 22.6 Å². The molecule has 2 aromatic carbocycles. The van der Waals surface area contributed by atoms with Crippen LogP contribution in [0, 0.1) is 13.8 Å². The number of nitrogens with one attached hydrogen (secondary N) is 1. The van der Waals surface area contributed by atoms with Gasteiger partial charge in [0.05, 0.1) is 11.0 Å². The smallest absolute Gasteiger partial charge is 0.138 e. The van der Waals surface area contributed by atoms with Crippen LogP contribution in [0.5, 0.6) is 0 Å². The third-order valence-electron chi connectivity index (χ3n) is 3.48. The fourth-order valence-electron chi connectivity index (χ4n) is 2.16. The second kappa shape index (κ2) is 4.71. The first-order chi connectivity index (χ1) is 9.17. The van der Waals surface area contributed by atoms with E-state index in [-0.39, 0.29) is 0 Å². The number of aryl methyl sites for hydroxylation is 2. The maximum Gasteiger partial charge on any atom is 0.138 e. The molecule has 0 aliphatic rings. The number of nitrogens with zero attached hydrogens (tertiary/aromatic N) is 1. The predicted molar refractivity (Wildman–Crippen MR) is 80.6 cm³/mol. The molecule has 0 fully saturated rings. The molecule has 0 unspecified atom stereocenters. The van der Waals surface area contributed by atoms with Gasteiger partial charge in [0.15, 0.2) is 0 Å². The molecule has 0 bridgehead atoms. The summed E-state index contributed by atoms with van der Waals surface area (Å²) in [4.78, 5) is 8.03. The summed E-state index contributed by atoms with van der Waals surface area (Å²) in [5, 5.41) is 0. The molecule has 1 aromatic heterocycles. The van der Waals surface area contributed by atoms with Gasteiger partial charge < -0.3 is 4.98 Å². The normalized spacial score (nSPS) is 11.1. The fraction of sp³-hybridized carbons (Fsp3) is 0.188. The SMILES string of the molecule is Cc1cc2nc(-c3ccc(CCl)cc3)[nH]c2cc1C. The highest BCUT2D eigenvalue weighted by Crippen LogP contribution is 2.23. The molecular formula is C16H15ClN2. The first kappa shape index (κ1) is 12.2. The quantitative estimate of drug-likeness (QED) is 0.678. The molecule has 0 atom stereocenters. The average molecular weight is 271 g/mol. The fourth-order valence-corrected chi connectivity index (χ4v) is 2.34. The zero-order chi connectivity index (χ0) is 13.4. The summed E-state index contributed by atoms with van der Waals surface area (Å²) in [6, 6.07) is 12.4. The third-order valence-corrected chi connectivity index (χ3v) is 3.79. The highest BCUT2D eigenvalue weighted by atomic mass is 35.5. The van der Waals surface area contributed by atoms with Crippen molar-refractivity contribution in [3.63, 3.8) is 0 Å². The van der Waals surface area contributed by atoms with Crippen molar-refractivity contribution in [2.45, 2.75) is 19.7 Å². The molecule has 1 heterocycles. The maximum atomic E-state index is 5.80. The van der Waals surface area contributed by atoms with Crippen LogP contribution < -0.4 is 0 Å². The first-order valence-corrected chi connectivity index (χ1v) is 6.83. The van der Waals surface area contributed by atoms with Crippen molar-refractivity contribution in [2.75, 3.05) is 0 Å². The summed E-state index contributed by atoms with van der Waals surface area (Å²) in [7, 11) is 0. The van der Waals surface area contributed by atoms with Gasteiger partial charge >= 0.3 is 0 Å². The molecule has 19 heavy (non-hydrogen) atoms. The number of hydrogen-bond acceptors (Lipinski definition) is 1. The van der Waals surface area contributed by atoms with E-state index in [1.165, 1.54) is 11.1 Å². The van der Waals surface area contributed by atoms with E-state index in [1.807, 2.05) is 12.1 Å². The van der Waals surface area contributed by atoms with Gasteiger partial charge in [0.25, 0.3) is 0 Å². The minimum absolute atomic E-state index is 0.540. The molecule has 1 N–H and O–H groups in total. The van der Waals surface area contributed by atoms with E-state index in [0.29, 0.717) is 5.88 Å². The molecule has 2 nitrogen and oxygen atoms in total. The molecule has 0 saturated heterocycles. The summed E-state index contributed by atoms with van der Waals surface area (Å²) in [5.74, 6) is 1.44. The van der Waals surface area contributed by atoms with E-state index >= 15 is 0 Å². The van der Waals surface area contributed by atoms with E-state index in [0.717, 1.165) is 28.0 Å². The van der Waals surface area contributed by atoms with Crippen LogP contribution in [0.4, 0.5) is 0 Å². The van der Waals surface area contributed by atoms with Crippen LogP contribution in [0.3, 0.4) is 0 Å². The predicted octanol–water partition coefficient (Wildman–Crippen LogP) is 4.59. The molecule has 0 spiro atoms. The Morgan fingerprint density at radius 3 is 2.42 bits per heavy atom. The maximum absolute atomic E-state index is 5.80. The van der Waals surface area contributed by atoms with E-state index in [4.69, 9.17) is 11.6 Å². The van der Waals surface area contributed by atoms with Crippen molar-refractivity contribution in [3.05, 3.63) is 53.1 Å². The zero-order valence-corrected chi connectivity index (χ0v) is 11.8. The van der Waals surface area contributed by atoms with Gasteiger partial charge in [0.1, 0.15) is 5.82 Å². The van der Waals surface area contributed by atoms with Crippen LogP contribution in [0.2, 0.25) is 0 Å². The van der Waals surface area contributed by atoms with Crippen LogP contribution in [0.1, 0.15) is 16.7 Å². The van der Waals surface area contributed by atoms with Crippen LogP contribution >= 0.6 is 11.6 Å². The van der Waals surface area contributed by atoms with Crippen molar-refractivity contribution in [3.8, 4) is 11.4 Å². The summed E-state index contributed by atoms with van der Waals surface area (Å²) in [5.41, 5.74) is 6.84. The Kier molecular flexibility index (Phi) is 3.03. The lowest BCUT2D eigenvalue weighted by atomic mass is 10.1. The Balaban J connectivity index is 2.09. The van der Waals surface area contributed by atoms with Gasteiger partial charge in [-0.1, -0.05) is 24.3 Å². The molecule has 0 aliphatic heterocycles. The third kappa shape index (κ3) is 2.24. The zero-order valence-electron chi connectivity index (χ0n) is 11.0. The monoisotopic (exact) mass is 270 g/mol. The van der Waals surface area contributed by atoms with E-state index < -0.39 is 0 Å². The molecule has 0 saturated carbocycles. The van der Waals surface area contributed by atoms with E-state index in [2.05, 4.69) is 48.1 Å². The van der Waals surface area contributed by atoms with Gasteiger partial charge in [-0.05, 0) is 42.7 Å². The Morgan fingerprint density at radius 2 is 1.74 bits per heavy atom. The Morgan fingerprint density at radius 1 is 1.05 bits per heavy atom. The number of aromatic nitrogens is 2. The Labute approximate surface area is 117 Å². The number of aromatic amines is 1. The number of H-pyrrole nitrogens is 1. The lowest BCUT2D eigenvalue weighted by Crippen LogP contribution is -1.82. The molecule has 3 rings (SSSR count).